The van der Waals surface area contributed by atoms with Gasteiger partial charge in [-0.15, -0.1) is 0 Å². The number of hydrogen-bond donors (Lipinski definition) is 0. The first-order valence-corrected chi connectivity index (χ1v) is 5.77. The molecule has 2 heteroatoms. The molecule has 1 aliphatic heterocycles. The summed E-state index contributed by atoms with van der Waals surface area (Å²) in [5, 5.41) is 0. The van der Waals surface area contributed by atoms with Crippen molar-refractivity contribution in [1.82, 2.24) is 4.90 Å². The monoisotopic (exact) mass is 185 g/mol. The Morgan fingerprint density at radius 2 is 2.08 bits per heavy atom. The molecule has 2 aliphatic rings. The summed E-state index contributed by atoms with van der Waals surface area (Å²) < 4.78 is 5.69. The molecule has 2 atom stereocenters. The third-order valence-electron chi connectivity index (χ3n) is 3.00. The zero-order valence-corrected chi connectivity index (χ0v) is 9.25. The van der Waals surface area contributed by atoms with E-state index in [9.17, 15) is 0 Å². The molecule has 0 aromatic carbocycles. The van der Waals surface area contributed by atoms with Crippen molar-refractivity contribution in [1.29, 1.82) is 0 Å². The van der Waals surface area contributed by atoms with Gasteiger partial charge in [-0.3, -0.25) is 4.90 Å². The van der Waals surface area contributed by atoms with Gasteiger partial charge in [0, 0.05) is 12.6 Å². The van der Waals surface area contributed by atoms with Gasteiger partial charge in [-0.1, -0.05) is 20.8 Å². The molecule has 0 aromatic heterocycles. The van der Waals surface area contributed by atoms with Crippen LogP contribution in [0.4, 0.5) is 0 Å². The van der Waals surface area contributed by atoms with E-state index in [0.29, 0.717) is 6.10 Å². The summed E-state index contributed by atoms with van der Waals surface area (Å²) in [6.07, 6.45) is 4.59. The molecule has 2 unspecified atom stereocenters. The molecule has 2 nitrogen and oxygen atoms in total. The summed E-state index contributed by atoms with van der Waals surface area (Å²) in [6, 6.07) is 0.758. The SMILES string of the molecule is CC.CCN1CCOC2CCCC21. The minimum atomic E-state index is 0.573. The van der Waals surface area contributed by atoms with Gasteiger partial charge in [-0.2, -0.15) is 0 Å². The normalized spacial score (nSPS) is 33.5. The molecule has 1 saturated carbocycles. The van der Waals surface area contributed by atoms with E-state index in [0.717, 1.165) is 19.2 Å². The van der Waals surface area contributed by atoms with Crippen molar-refractivity contribution >= 4 is 0 Å². The lowest BCUT2D eigenvalue weighted by Crippen LogP contribution is -2.48. The zero-order valence-electron chi connectivity index (χ0n) is 9.25. The van der Waals surface area contributed by atoms with Gasteiger partial charge in [0.2, 0.25) is 0 Å². The van der Waals surface area contributed by atoms with Crippen LogP contribution in [0.2, 0.25) is 0 Å². The Morgan fingerprint density at radius 1 is 1.31 bits per heavy atom. The third-order valence-corrected chi connectivity index (χ3v) is 3.00. The first-order valence-electron chi connectivity index (χ1n) is 5.77. The highest BCUT2D eigenvalue weighted by atomic mass is 16.5. The van der Waals surface area contributed by atoms with E-state index in [1.54, 1.807) is 0 Å². The van der Waals surface area contributed by atoms with Crippen molar-refractivity contribution in [2.75, 3.05) is 19.7 Å². The molecule has 2 rings (SSSR count). The van der Waals surface area contributed by atoms with E-state index in [2.05, 4.69) is 11.8 Å². The molecule has 13 heavy (non-hydrogen) atoms. The molecule has 78 valence electrons. The van der Waals surface area contributed by atoms with Crippen LogP contribution in [0, 0.1) is 0 Å². The van der Waals surface area contributed by atoms with Crippen LogP contribution in [0.5, 0.6) is 0 Å². The van der Waals surface area contributed by atoms with Crippen LogP contribution in [0.3, 0.4) is 0 Å². The largest absolute Gasteiger partial charge is 0.375 e. The Balaban J connectivity index is 0.000000396. The molecular weight excluding hydrogens is 162 g/mol. The Labute approximate surface area is 82.3 Å². The molecule has 0 spiro atoms. The summed E-state index contributed by atoms with van der Waals surface area (Å²) in [6.45, 7) is 9.55. The molecule has 0 aromatic rings. The molecule has 0 radical (unpaired) electrons. The lowest BCUT2D eigenvalue weighted by molar-refractivity contribution is -0.0534. The second kappa shape index (κ2) is 5.61. The topological polar surface area (TPSA) is 12.5 Å². The van der Waals surface area contributed by atoms with Gasteiger partial charge in [-0.05, 0) is 25.8 Å². The van der Waals surface area contributed by atoms with Gasteiger partial charge < -0.3 is 4.74 Å². The van der Waals surface area contributed by atoms with E-state index in [-0.39, 0.29) is 0 Å². The Morgan fingerprint density at radius 3 is 2.77 bits per heavy atom. The quantitative estimate of drug-likeness (QED) is 0.621. The minimum Gasteiger partial charge on any atom is -0.375 e. The third kappa shape index (κ3) is 2.44. The average molecular weight is 185 g/mol. The van der Waals surface area contributed by atoms with E-state index in [1.807, 2.05) is 13.8 Å². The summed E-state index contributed by atoms with van der Waals surface area (Å²) in [5.74, 6) is 0. The highest BCUT2D eigenvalue weighted by Crippen LogP contribution is 2.29. The van der Waals surface area contributed by atoms with Gasteiger partial charge in [0.05, 0.1) is 12.7 Å². The molecule has 0 amide bonds. The number of rotatable bonds is 1. The lowest BCUT2D eigenvalue weighted by Gasteiger charge is -2.36. The first kappa shape index (κ1) is 11.0. The van der Waals surface area contributed by atoms with Crippen molar-refractivity contribution in [3.63, 3.8) is 0 Å². The summed E-state index contributed by atoms with van der Waals surface area (Å²) in [7, 11) is 0. The zero-order chi connectivity index (χ0) is 9.68. The minimum absolute atomic E-state index is 0.573. The first-order chi connectivity index (χ1) is 6.42. The fourth-order valence-electron chi connectivity index (χ4n) is 2.40. The van der Waals surface area contributed by atoms with Crippen molar-refractivity contribution < 1.29 is 4.74 Å². The van der Waals surface area contributed by atoms with Gasteiger partial charge >= 0.3 is 0 Å². The molecule has 1 aliphatic carbocycles. The van der Waals surface area contributed by atoms with Crippen LogP contribution < -0.4 is 0 Å². The average Bonchev–Trinajstić information content (AvgIpc) is 2.68. The van der Waals surface area contributed by atoms with Gasteiger partial charge in [-0.25, -0.2) is 0 Å². The van der Waals surface area contributed by atoms with Crippen LogP contribution in [-0.4, -0.2) is 36.7 Å². The Kier molecular flexibility index (Phi) is 4.74. The highest BCUT2D eigenvalue weighted by Gasteiger charge is 2.34. The van der Waals surface area contributed by atoms with Gasteiger partial charge in [0.25, 0.3) is 0 Å². The van der Waals surface area contributed by atoms with Crippen LogP contribution in [0.1, 0.15) is 40.0 Å². The van der Waals surface area contributed by atoms with Gasteiger partial charge in [0.1, 0.15) is 0 Å². The second-order valence-electron chi connectivity index (χ2n) is 3.54. The summed E-state index contributed by atoms with van der Waals surface area (Å²) in [5.41, 5.74) is 0. The van der Waals surface area contributed by atoms with E-state index in [4.69, 9.17) is 4.74 Å². The van der Waals surface area contributed by atoms with E-state index >= 15 is 0 Å². The second-order valence-corrected chi connectivity index (χ2v) is 3.54. The number of ether oxygens (including phenoxy) is 1. The molecular formula is C11H23NO. The fraction of sp³-hybridized carbons (Fsp3) is 1.00. The number of nitrogens with zero attached hydrogens (tertiary/aromatic N) is 1. The van der Waals surface area contributed by atoms with Gasteiger partial charge in [0.15, 0.2) is 0 Å². The fourth-order valence-corrected chi connectivity index (χ4v) is 2.40. The van der Waals surface area contributed by atoms with Crippen molar-refractivity contribution in [3.05, 3.63) is 0 Å². The van der Waals surface area contributed by atoms with E-state index < -0.39 is 0 Å². The Bertz CT molecular complexity index is 138. The van der Waals surface area contributed by atoms with Crippen molar-refractivity contribution in [2.45, 2.75) is 52.2 Å². The summed E-state index contributed by atoms with van der Waals surface area (Å²) >= 11 is 0. The number of morpholine rings is 1. The van der Waals surface area contributed by atoms with Crippen LogP contribution >= 0.6 is 0 Å². The summed E-state index contributed by atoms with van der Waals surface area (Å²) in [4.78, 5) is 2.57. The molecule has 1 saturated heterocycles. The number of likely N-dealkylation sites (N-methyl/N-ethyl adjacent to an activating group) is 1. The maximum absolute atomic E-state index is 5.69. The highest BCUT2D eigenvalue weighted by molar-refractivity contribution is 4.88. The predicted molar refractivity (Wildman–Crippen MR) is 56.0 cm³/mol. The van der Waals surface area contributed by atoms with Crippen LogP contribution in [0.15, 0.2) is 0 Å². The molecule has 1 heterocycles. The maximum atomic E-state index is 5.69. The number of fused-ring (bicyclic) bond motifs is 1. The molecule has 0 N–H and O–H groups in total. The molecule has 0 bridgehead atoms. The maximum Gasteiger partial charge on any atom is 0.0730 e. The van der Waals surface area contributed by atoms with Crippen LogP contribution in [-0.2, 0) is 4.74 Å². The standard InChI is InChI=1S/C9H17NO.C2H6/c1-2-10-6-7-11-9-5-3-4-8(9)10;1-2/h8-9H,2-7H2,1H3;1-2H3. The number of hydrogen-bond acceptors (Lipinski definition) is 2. The van der Waals surface area contributed by atoms with E-state index in [1.165, 1.54) is 25.8 Å². The van der Waals surface area contributed by atoms with Crippen molar-refractivity contribution in [2.24, 2.45) is 0 Å². The lowest BCUT2D eigenvalue weighted by atomic mass is 10.1. The molecule has 2 fully saturated rings. The predicted octanol–water partition coefficient (Wildman–Crippen LogP) is 2.29. The Hall–Kier alpha value is -0.0800. The van der Waals surface area contributed by atoms with Crippen LogP contribution in [0.25, 0.3) is 0 Å². The van der Waals surface area contributed by atoms with Crippen molar-refractivity contribution in [3.8, 4) is 0 Å². The smallest absolute Gasteiger partial charge is 0.0730 e.